The summed E-state index contributed by atoms with van der Waals surface area (Å²) >= 11 is 8.28. The lowest BCUT2D eigenvalue weighted by atomic mass is 9.83. The Morgan fingerprint density at radius 1 is 0.977 bits per heavy atom. The number of amides is 3. The van der Waals surface area contributed by atoms with E-state index in [-0.39, 0.29) is 29.2 Å². The van der Waals surface area contributed by atoms with Crippen molar-refractivity contribution in [2.45, 2.75) is 30.0 Å². The normalized spacial score (nSPS) is 19.1. The Morgan fingerprint density at radius 2 is 1.72 bits per heavy atom. The van der Waals surface area contributed by atoms with Gasteiger partial charge in [0.25, 0.3) is 5.91 Å². The Bertz CT molecular complexity index is 1770. The Kier molecular flexibility index (Phi) is 8.04. The van der Waals surface area contributed by atoms with Gasteiger partial charge in [0.05, 0.1) is 23.2 Å². The van der Waals surface area contributed by atoms with Gasteiger partial charge in [-0.3, -0.25) is 19.2 Å². The van der Waals surface area contributed by atoms with Crippen LogP contribution in [0.4, 0.5) is 11.4 Å². The van der Waals surface area contributed by atoms with Crippen LogP contribution >= 0.6 is 34.7 Å². The number of hydrogen-bond donors (Lipinski definition) is 2. The number of thioether (sulfide) groups is 1. The van der Waals surface area contributed by atoms with E-state index in [1.165, 1.54) is 16.7 Å². The molecule has 4 aromatic rings. The van der Waals surface area contributed by atoms with Crippen molar-refractivity contribution >= 4 is 63.8 Å². The third-order valence-electron chi connectivity index (χ3n) is 7.23. The lowest BCUT2D eigenvalue weighted by Crippen LogP contribution is -2.32. The Morgan fingerprint density at radius 3 is 2.44 bits per heavy atom. The summed E-state index contributed by atoms with van der Waals surface area (Å²) in [6.45, 7) is 3.87. The van der Waals surface area contributed by atoms with Crippen LogP contribution in [-0.2, 0) is 14.4 Å². The molecule has 9 nitrogen and oxygen atoms in total. The molecule has 1 aromatic heterocycles. The fourth-order valence-electron chi connectivity index (χ4n) is 5.30. The SMILES string of the molecule is CCOc1cc([C@H]2c3sc(=O)[nH]c3SC3C(=O)N(c4ccc(Cl)cc4)C(=O)C32)ccc1OCC(=O)Nc1ccc(C)cc1. The molecule has 6 rings (SSSR count). The molecule has 12 heteroatoms. The third kappa shape index (κ3) is 5.67. The molecule has 2 unspecified atom stereocenters. The standard InChI is InChI=1S/C31H26ClN3O6S2/c1-3-40-22-14-17(6-13-21(22)41-15-23(36)33-19-9-4-16(2)5-10-19)24-25-27(42-28-26(24)43-31(39)34-28)30(38)35(29(25)37)20-11-7-18(32)8-12-20/h4-14,24-25,27H,3,15H2,1-2H3,(H,33,36)(H,34,39)/t24-,25?,27?/m1/s1. The maximum absolute atomic E-state index is 13.9. The minimum atomic E-state index is -0.756. The van der Waals surface area contributed by atoms with E-state index < -0.39 is 17.1 Å². The number of nitrogens with one attached hydrogen (secondary N) is 2. The molecule has 3 amide bonds. The first kappa shape index (κ1) is 29.0. The van der Waals surface area contributed by atoms with Crippen LogP contribution in [0.25, 0.3) is 0 Å². The van der Waals surface area contributed by atoms with E-state index in [1.807, 2.05) is 38.1 Å². The summed E-state index contributed by atoms with van der Waals surface area (Å²) < 4.78 is 11.7. The molecule has 3 atom stereocenters. The van der Waals surface area contributed by atoms with Crippen LogP contribution in [0.2, 0.25) is 5.02 Å². The van der Waals surface area contributed by atoms with Crippen LogP contribution in [0, 0.1) is 12.8 Å². The van der Waals surface area contributed by atoms with Gasteiger partial charge >= 0.3 is 4.87 Å². The maximum Gasteiger partial charge on any atom is 0.305 e. The topological polar surface area (TPSA) is 118 Å². The van der Waals surface area contributed by atoms with Gasteiger partial charge in [-0.05, 0) is 67.9 Å². The summed E-state index contributed by atoms with van der Waals surface area (Å²) in [6.07, 6.45) is 0. The smallest absolute Gasteiger partial charge is 0.305 e. The van der Waals surface area contributed by atoms with Gasteiger partial charge in [0.1, 0.15) is 5.25 Å². The van der Waals surface area contributed by atoms with Crippen molar-refractivity contribution in [1.29, 1.82) is 0 Å². The fourth-order valence-corrected chi connectivity index (χ4v) is 7.94. The molecular formula is C31H26ClN3O6S2. The summed E-state index contributed by atoms with van der Waals surface area (Å²) in [7, 11) is 0. The third-order valence-corrected chi connectivity index (χ3v) is 9.88. The van der Waals surface area contributed by atoms with Crippen molar-refractivity contribution in [2.24, 2.45) is 5.92 Å². The molecule has 43 heavy (non-hydrogen) atoms. The van der Waals surface area contributed by atoms with Crippen molar-refractivity contribution in [1.82, 2.24) is 4.98 Å². The summed E-state index contributed by atoms with van der Waals surface area (Å²) in [5.41, 5.74) is 2.87. The minimum absolute atomic E-state index is 0.245. The summed E-state index contributed by atoms with van der Waals surface area (Å²) in [5, 5.41) is 3.14. The van der Waals surface area contributed by atoms with Crippen molar-refractivity contribution in [3.05, 3.63) is 97.4 Å². The second kappa shape index (κ2) is 11.9. The molecule has 2 aliphatic heterocycles. The minimum Gasteiger partial charge on any atom is -0.490 e. The number of carbonyl (C=O) groups is 3. The number of hydrogen-bond acceptors (Lipinski definition) is 8. The van der Waals surface area contributed by atoms with E-state index in [4.69, 9.17) is 21.1 Å². The van der Waals surface area contributed by atoms with Crippen LogP contribution in [0.5, 0.6) is 11.5 Å². The lowest BCUT2D eigenvalue weighted by Gasteiger charge is -2.30. The van der Waals surface area contributed by atoms with E-state index >= 15 is 0 Å². The Hall–Kier alpha value is -4.06. The molecule has 1 saturated heterocycles. The van der Waals surface area contributed by atoms with E-state index in [2.05, 4.69) is 10.3 Å². The lowest BCUT2D eigenvalue weighted by molar-refractivity contribution is -0.122. The van der Waals surface area contributed by atoms with Crippen LogP contribution in [0.1, 0.15) is 28.8 Å². The molecular weight excluding hydrogens is 610 g/mol. The Labute approximate surface area is 260 Å². The second-order valence-corrected chi connectivity index (χ2v) is 12.7. The quantitative estimate of drug-likeness (QED) is 0.242. The number of nitrogens with zero attached hydrogens (tertiary/aromatic N) is 1. The molecule has 2 N–H and O–H groups in total. The number of aryl methyl sites for hydroxylation is 1. The van der Waals surface area contributed by atoms with Gasteiger partial charge in [-0.25, -0.2) is 4.90 Å². The average Bonchev–Trinajstić information content (AvgIpc) is 3.48. The Balaban J connectivity index is 1.31. The number of benzene rings is 3. The monoisotopic (exact) mass is 635 g/mol. The van der Waals surface area contributed by atoms with Gasteiger partial charge in [-0.15, -0.1) is 0 Å². The molecule has 3 heterocycles. The first-order chi connectivity index (χ1) is 20.7. The van der Waals surface area contributed by atoms with Crippen molar-refractivity contribution in [3.63, 3.8) is 0 Å². The number of rotatable bonds is 8. The highest BCUT2D eigenvalue weighted by atomic mass is 35.5. The van der Waals surface area contributed by atoms with Gasteiger partial charge < -0.3 is 19.8 Å². The summed E-state index contributed by atoms with van der Waals surface area (Å²) in [6, 6.07) is 19.2. The number of halogens is 1. The molecule has 0 radical (unpaired) electrons. The number of imide groups is 1. The van der Waals surface area contributed by atoms with Gasteiger partial charge in [0, 0.05) is 21.5 Å². The van der Waals surface area contributed by atoms with Gasteiger partial charge in [0.15, 0.2) is 18.1 Å². The number of aromatic nitrogens is 1. The zero-order valence-corrected chi connectivity index (χ0v) is 25.5. The number of fused-ring (bicyclic) bond motifs is 2. The van der Waals surface area contributed by atoms with E-state index in [0.29, 0.717) is 50.0 Å². The van der Waals surface area contributed by atoms with E-state index in [9.17, 15) is 19.2 Å². The number of aromatic amines is 1. The molecule has 0 bridgehead atoms. The van der Waals surface area contributed by atoms with Crippen LogP contribution in [0.3, 0.4) is 0 Å². The van der Waals surface area contributed by atoms with Crippen LogP contribution in [0.15, 0.2) is 76.6 Å². The largest absolute Gasteiger partial charge is 0.490 e. The molecule has 220 valence electrons. The van der Waals surface area contributed by atoms with Crippen molar-refractivity contribution in [2.75, 3.05) is 23.4 Å². The predicted molar refractivity (Wildman–Crippen MR) is 167 cm³/mol. The number of thiazole rings is 1. The van der Waals surface area contributed by atoms with Gasteiger partial charge in [-0.2, -0.15) is 0 Å². The molecule has 1 fully saturated rings. The van der Waals surface area contributed by atoms with Crippen molar-refractivity contribution in [3.8, 4) is 11.5 Å². The van der Waals surface area contributed by atoms with E-state index in [1.54, 1.807) is 42.5 Å². The zero-order valence-electron chi connectivity index (χ0n) is 23.1. The van der Waals surface area contributed by atoms with Crippen molar-refractivity contribution < 1.29 is 23.9 Å². The van der Waals surface area contributed by atoms with Gasteiger partial charge in [-0.1, -0.05) is 58.5 Å². The molecule has 0 spiro atoms. The number of H-pyrrole nitrogens is 1. The number of anilines is 2. The first-order valence-corrected chi connectivity index (χ1v) is 15.6. The summed E-state index contributed by atoms with van der Waals surface area (Å²) in [4.78, 5) is 57.0. The fraction of sp³-hybridized carbons (Fsp3) is 0.226. The summed E-state index contributed by atoms with van der Waals surface area (Å²) in [5.74, 6) is -1.64. The highest BCUT2D eigenvalue weighted by Crippen LogP contribution is 2.53. The first-order valence-electron chi connectivity index (χ1n) is 13.5. The second-order valence-electron chi connectivity index (χ2n) is 10.1. The molecule has 0 saturated carbocycles. The molecule has 2 aliphatic rings. The number of carbonyl (C=O) groups excluding carboxylic acids is 3. The zero-order chi connectivity index (χ0) is 30.2. The molecule has 0 aliphatic carbocycles. The van der Waals surface area contributed by atoms with Crippen LogP contribution < -0.4 is 24.6 Å². The van der Waals surface area contributed by atoms with Gasteiger partial charge in [0.2, 0.25) is 11.8 Å². The maximum atomic E-state index is 13.9. The highest BCUT2D eigenvalue weighted by Gasteiger charge is 2.56. The van der Waals surface area contributed by atoms with E-state index in [0.717, 1.165) is 16.9 Å². The predicted octanol–water partition coefficient (Wildman–Crippen LogP) is 5.61. The average molecular weight is 636 g/mol. The molecule has 3 aromatic carbocycles. The van der Waals surface area contributed by atoms with Crippen LogP contribution in [-0.4, -0.2) is 41.2 Å². The highest BCUT2D eigenvalue weighted by molar-refractivity contribution is 8.00. The number of ether oxygens (including phenoxy) is 2.